The van der Waals surface area contributed by atoms with Crippen LogP contribution in [0.15, 0.2) is 41.8 Å². The van der Waals surface area contributed by atoms with Crippen LogP contribution in [0.3, 0.4) is 0 Å². The van der Waals surface area contributed by atoms with Crippen LogP contribution in [0.2, 0.25) is 0 Å². The van der Waals surface area contributed by atoms with Crippen molar-refractivity contribution in [3.63, 3.8) is 0 Å². The number of nitrogens with one attached hydrogen (secondary N) is 1. The Kier molecular flexibility index (Phi) is 5.65. The first-order chi connectivity index (χ1) is 10.1. The van der Waals surface area contributed by atoms with Crippen molar-refractivity contribution in [2.75, 3.05) is 26.8 Å². The Morgan fingerprint density at radius 2 is 1.86 bits per heavy atom. The lowest BCUT2D eigenvalue weighted by atomic mass is 9.91. The van der Waals surface area contributed by atoms with Gasteiger partial charge in [-0.25, -0.2) is 0 Å². The van der Waals surface area contributed by atoms with Crippen molar-refractivity contribution in [2.24, 2.45) is 0 Å². The summed E-state index contributed by atoms with van der Waals surface area (Å²) in [7, 11) is 1.66. The van der Waals surface area contributed by atoms with Gasteiger partial charge in [-0.1, -0.05) is 32.0 Å². The molecule has 0 amide bonds. The summed E-state index contributed by atoms with van der Waals surface area (Å²) in [6.45, 7) is 6.89. The molecule has 0 aliphatic carbocycles. The number of rotatable bonds is 8. The second kappa shape index (κ2) is 7.48. The molecular weight excluding hydrogens is 282 g/mol. The van der Waals surface area contributed by atoms with E-state index in [9.17, 15) is 0 Å². The monoisotopic (exact) mass is 305 g/mol. The van der Waals surface area contributed by atoms with Gasteiger partial charge in [0.15, 0.2) is 11.5 Å². The van der Waals surface area contributed by atoms with Gasteiger partial charge in [0, 0.05) is 23.4 Å². The standard InChI is InChI=1S/C17H23NO2S/c1-17(2,16-9-6-12-21-16)13-18-10-11-20-15-8-5-4-7-14(15)19-3/h4-9,12,18H,10-11,13H2,1-3H3. The summed E-state index contributed by atoms with van der Waals surface area (Å²) < 4.78 is 11.0. The lowest BCUT2D eigenvalue weighted by molar-refractivity contribution is 0.288. The normalized spacial score (nSPS) is 11.4. The predicted molar refractivity (Wildman–Crippen MR) is 88.7 cm³/mol. The molecule has 21 heavy (non-hydrogen) atoms. The molecule has 114 valence electrons. The first-order valence-corrected chi connectivity index (χ1v) is 8.02. The first kappa shape index (κ1) is 15.9. The Bertz CT molecular complexity index is 537. The highest BCUT2D eigenvalue weighted by atomic mass is 32.1. The van der Waals surface area contributed by atoms with Crippen molar-refractivity contribution < 1.29 is 9.47 Å². The van der Waals surface area contributed by atoms with Crippen LogP contribution in [0.4, 0.5) is 0 Å². The van der Waals surface area contributed by atoms with Crippen molar-refractivity contribution in [1.82, 2.24) is 5.32 Å². The van der Waals surface area contributed by atoms with E-state index in [0.29, 0.717) is 6.61 Å². The molecule has 0 spiro atoms. The summed E-state index contributed by atoms with van der Waals surface area (Å²) in [6.07, 6.45) is 0. The SMILES string of the molecule is COc1ccccc1OCCNCC(C)(C)c1cccs1. The van der Waals surface area contributed by atoms with Gasteiger partial charge < -0.3 is 14.8 Å². The molecule has 0 atom stereocenters. The zero-order valence-electron chi connectivity index (χ0n) is 12.9. The number of methoxy groups -OCH3 is 1. The molecule has 2 rings (SSSR count). The van der Waals surface area contributed by atoms with Crippen LogP contribution in [-0.2, 0) is 5.41 Å². The Morgan fingerprint density at radius 1 is 1.10 bits per heavy atom. The van der Waals surface area contributed by atoms with Crippen LogP contribution in [0, 0.1) is 0 Å². The molecule has 0 aliphatic heterocycles. The van der Waals surface area contributed by atoms with Crippen LogP contribution in [-0.4, -0.2) is 26.8 Å². The van der Waals surface area contributed by atoms with E-state index in [4.69, 9.17) is 9.47 Å². The maximum atomic E-state index is 5.75. The molecular formula is C17H23NO2S. The third kappa shape index (κ3) is 4.48. The minimum atomic E-state index is 0.151. The third-order valence-corrected chi connectivity index (χ3v) is 4.60. The second-order valence-electron chi connectivity index (χ2n) is 5.54. The number of ether oxygens (including phenoxy) is 2. The van der Waals surface area contributed by atoms with Gasteiger partial charge in [-0.05, 0) is 23.6 Å². The van der Waals surface area contributed by atoms with E-state index < -0.39 is 0 Å². The highest BCUT2D eigenvalue weighted by molar-refractivity contribution is 7.10. The molecule has 0 unspecified atom stereocenters. The maximum Gasteiger partial charge on any atom is 0.161 e. The highest BCUT2D eigenvalue weighted by Gasteiger charge is 2.20. The van der Waals surface area contributed by atoms with Crippen molar-refractivity contribution in [1.29, 1.82) is 0 Å². The van der Waals surface area contributed by atoms with E-state index in [1.807, 2.05) is 35.6 Å². The van der Waals surface area contributed by atoms with Gasteiger partial charge in [0.1, 0.15) is 6.61 Å². The molecule has 1 N–H and O–H groups in total. The second-order valence-corrected chi connectivity index (χ2v) is 6.48. The number of hydrogen-bond acceptors (Lipinski definition) is 4. The fourth-order valence-electron chi connectivity index (χ4n) is 2.12. The first-order valence-electron chi connectivity index (χ1n) is 7.14. The number of thiophene rings is 1. The summed E-state index contributed by atoms with van der Waals surface area (Å²) >= 11 is 1.81. The Balaban J connectivity index is 1.73. The van der Waals surface area contributed by atoms with Crippen LogP contribution in [0.25, 0.3) is 0 Å². The molecule has 0 aliphatic rings. The highest BCUT2D eigenvalue weighted by Crippen LogP contribution is 2.27. The predicted octanol–water partition coefficient (Wildman–Crippen LogP) is 3.70. The van der Waals surface area contributed by atoms with Crippen LogP contribution in [0.5, 0.6) is 11.5 Å². The molecule has 1 aromatic carbocycles. The van der Waals surface area contributed by atoms with E-state index in [-0.39, 0.29) is 5.41 Å². The summed E-state index contributed by atoms with van der Waals surface area (Å²) in [5, 5.41) is 5.59. The van der Waals surface area contributed by atoms with Crippen molar-refractivity contribution in [3.05, 3.63) is 46.7 Å². The van der Waals surface area contributed by atoms with E-state index >= 15 is 0 Å². The number of benzene rings is 1. The minimum absolute atomic E-state index is 0.151. The van der Waals surface area contributed by atoms with E-state index in [1.165, 1.54) is 4.88 Å². The smallest absolute Gasteiger partial charge is 0.161 e. The van der Waals surface area contributed by atoms with Gasteiger partial charge in [0.2, 0.25) is 0 Å². The van der Waals surface area contributed by atoms with E-state index in [2.05, 4.69) is 36.7 Å². The molecule has 0 radical (unpaired) electrons. The Hall–Kier alpha value is -1.52. The Labute approximate surface area is 130 Å². The maximum absolute atomic E-state index is 5.75. The Morgan fingerprint density at radius 3 is 2.52 bits per heavy atom. The molecule has 0 fully saturated rings. The molecule has 1 aromatic heterocycles. The fraction of sp³-hybridized carbons (Fsp3) is 0.412. The van der Waals surface area contributed by atoms with Gasteiger partial charge in [-0.15, -0.1) is 11.3 Å². The average molecular weight is 305 g/mol. The molecule has 1 heterocycles. The van der Waals surface area contributed by atoms with Crippen molar-refractivity contribution >= 4 is 11.3 Å². The van der Waals surface area contributed by atoms with Gasteiger partial charge in [-0.3, -0.25) is 0 Å². The van der Waals surface area contributed by atoms with Gasteiger partial charge in [-0.2, -0.15) is 0 Å². The van der Waals surface area contributed by atoms with Gasteiger partial charge in [0.05, 0.1) is 7.11 Å². The molecule has 3 nitrogen and oxygen atoms in total. The topological polar surface area (TPSA) is 30.5 Å². The largest absolute Gasteiger partial charge is 0.493 e. The summed E-state index contributed by atoms with van der Waals surface area (Å²) in [4.78, 5) is 1.40. The van der Waals surface area contributed by atoms with Gasteiger partial charge in [0.25, 0.3) is 0 Å². The summed E-state index contributed by atoms with van der Waals surface area (Å²) in [5.41, 5.74) is 0.151. The molecule has 0 bridgehead atoms. The van der Waals surface area contributed by atoms with Crippen molar-refractivity contribution in [3.8, 4) is 11.5 Å². The summed E-state index contributed by atoms with van der Waals surface area (Å²) in [6, 6.07) is 12.0. The number of hydrogen-bond donors (Lipinski definition) is 1. The summed E-state index contributed by atoms with van der Waals surface area (Å²) in [5.74, 6) is 1.57. The van der Waals surface area contributed by atoms with Crippen LogP contribution < -0.4 is 14.8 Å². The zero-order chi connectivity index (χ0) is 15.1. The third-order valence-electron chi connectivity index (χ3n) is 3.36. The number of para-hydroxylation sites is 2. The van der Waals surface area contributed by atoms with Crippen LogP contribution in [0.1, 0.15) is 18.7 Å². The average Bonchev–Trinajstić information content (AvgIpc) is 3.02. The van der Waals surface area contributed by atoms with E-state index in [1.54, 1.807) is 7.11 Å². The quantitative estimate of drug-likeness (QED) is 0.754. The van der Waals surface area contributed by atoms with Gasteiger partial charge >= 0.3 is 0 Å². The zero-order valence-corrected chi connectivity index (χ0v) is 13.7. The molecule has 0 saturated carbocycles. The fourth-order valence-corrected chi connectivity index (χ4v) is 2.97. The lowest BCUT2D eigenvalue weighted by Crippen LogP contribution is -2.34. The lowest BCUT2D eigenvalue weighted by Gasteiger charge is -2.23. The van der Waals surface area contributed by atoms with Crippen LogP contribution >= 0.6 is 11.3 Å². The van der Waals surface area contributed by atoms with E-state index in [0.717, 1.165) is 24.6 Å². The minimum Gasteiger partial charge on any atom is -0.493 e. The molecule has 0 saturated heterocycles. The molecule has 2 aromatic rings. The molecule has 4 heteroatoms. The van der Waals surface area contributed by atoms with Crippen molar-refractivity contribution in [2.45, 2.75) is 19.3 Å².